The number of hydrogen-bond donors (Lipinski definition) is 7. The summed E-state index contributed by atoms with van der Waals surface area (Å²) in [7, 11) is -7.77. The smallest absolute Gasteiger partial charge is 0.387 e. The summed E-state index contributed by atoms with van der Waals surface area (Å²) in [5, 5.41) is 21.5. The van der Waals surface area contributed by atoms with Crippen LogP contribution >= 0.6 is 15.4 Å². The number of H-pyrrole nitrogens is 1. The van der Waals surface area contributed by atoms with Crippen LogP contribution in [0, 0.1) is 0 Å². The van der Waals surface area contributed by atoms with Gasteiger partial charge >= 0.3 is 15.4 Å². The number of rotatable bonds is 14. The molecule has 0 aliphatic carbocycles. The average molecular weight is 749 g/mol. The van der Waals surface area contributed by atoms with Gasteiger partial charge in [-0.1, -0.05) is 0 Å². The number of aromatic nitrogens is 8. The van der Waals surface area contributed by atoms with Gasteiger partial charge in [-0.25, -0.2) is 24.5 Å². The van der Waals surface area contributed by atoms with Gasteiger partial charge in [0.15, 0.2) is 35.1 Å². The molecule has 6 rings (SSSR count). The van der Waals surface area contributed by atoms with E-state index in [0.717, 1.165) is 13.0 Å². The van der Waals surface area contributed by atoms with Crippen LogP contribution in [0.1, 0.15) is 12.5 Å². The maximum absolute atomic E-state index is 13.4. The van der Waals surface area contributed by atoms with Crippen LogP contribution in [-0.2, 0) is 41.6 Å². The quantitative estimate of drug-likeness (QED) is 0.0542. The lowest BCUT2D eigenvalue weighted by molar-refractivity contribution is -0.0792. The number of nitrogen functional groups attached to an aromatic ring is 2. The van der Waals surface area contributed by atoms with Gasteiger partial charge in [0.1, 0.15) is 48.5 Å². The topological polar surface area (TPSA) is 339 Å². The van der Waals surface area contributed by atoms with Crippen molar-refractivity contribution < 1.29 is 61.6 Å². The standard InChI is InChI=1S/C24H34N10O14P2/c1-42-3-4-43-17-16(11(6-44-49(2,38)39)47-23(17)33-8-29-12-18(25)27-7-28-19(12)33)48-50(40,41)45-5-10-14(35)15(36)22(46-10)34-9-30-13-20(34)31-24(26)32-21(13)37/h7-11,14-17,22-23,35-36H,3-6H2,1-2H3,(H,38,39)(H,40,41)(H2,25,27,28)(H3,26,31,32,37)/t10-,11-,14+,15?,16+,17?,22-,23-/m1/s1. The summed E-state index contributed by atoms with van der Waals surface area (Å²) in [5.41, 5.74) is 11.2. The summed E-state index contributed by atoms with van der Waals surface area (Å²) >= 11 is 0. The third kappa shape index (κ3) is 7.43. The zero-order chi connectivity index (χ0) is 36.0. The molecule has 4 unspecified atom stereocenters. The monoisotopic (exact) mass is 748 g/mol. The van der Waals surface area contributed by atoms with Gasteiger partial charge in [0, 0.05) is 13.8 Å². The Labute approximate surface area is 280 Å². The van der Waals surface area contributed by atoms with Gasteiger partial charge in [0.25, 0.3) is 5.56 Å². The van der Waals surface area contributed by atoms with Gasteiger partial charge < -0.3 is 54.9 Å². The third-order valence-corrected chi connectivity index (χ3v) is 9.36. The van der Waals surface area contributed by atoms with Gasteiger partial charge in [-0.2, -0.15) is 4.98 Å². The molecule has 0 bridgehead atoms. The summed E-state index contributed by atoms with van der Waals surface area (Å²) in [6.07, 6.45) is -7.61. The Hall–Kier alpha value is -3.48. The van der Waals surface area contributed by atoms with Crippen molar-refractivity contribution in [1.82, 2.24) is 39.0 Å². The fraction of sp³-hybridized carbons (Fsp3) is 0.583. The van der Waals surface area contributed by atoms with Crippen molar-refractivity contribution in [2.75, 3.05) is 51.7 Å². The molecule has 0 radical (unpaired) electrons. The second-order valence-electron chi connectivity index (χ2n) is 11.2. The van der Waals surface area contributed by atoms with Gasteiger partial charge in [-0.05, 0) is 0 Å². The van der Waals surface area contributed by atoms with Crippen molar-refractivity contribution in [1.29, 1.82) is 0 Å². The van der Waals surface area contributed by atoms with E-state index in [0.29, 0.717) is 0 Å². The zero-order valence-electron chi connectivity index (χ0n) is 26.2. The molecular formula is C24H34N10O14P2. The molecular weight excluding hydrogens is 714 g/mol. The molecule has 26 heteroatoms. The van der Waals surface area contributed by atoms with Crippen molar-refractivity contribution in [2.24, 2.45) is 0 Å². The molecule has 4 aromatic rings. The molecule has 24 nitrogen and oxygen atoms in total. The Morgan fingerprint density at radius 2 is 1.58 bits per heavy atom. The SMILES string of the molecule is COCCOC1[C@@H](OP(=O)(O)OC[C@H]2O[C@@H](n3cnc4c(=O)[nH]c(N)nc43)C(O)[C@H]2O)[C@@H](COP(C)(=O)O)O[C@H]1n1cnc2c(N)ncnc21. The lowest BCUT2D eigenvalue weighted by Crippen LogP contribution is -2.39. The first-order valence-corrected chi connectivity index (χ1v) is 18.2. The number of hydrogen-bond acceptors (Lipinski definition) is 19. The highest BCUT2D eigenvalue weighted by molar-refractivity contribution is 7.51. The predicted molar refractivity (Wildman–Crippen MR) is 166 cm³/mol. The summed E-state index contributed by atoms with van der Waals surface area (Å²) in [6.45, 7) is -0.416. The number of phosphoric ester groups is 1. The fourth-order valence-electron chi connectivity index (χ4n) is 5.48. The van der Waals surface area contributed by atoms with E-state index in [9.17, 15) is 33.9 Å². The van der Waals surface area contributed by atoms with Crippen LogP contribution in [0.3, 0.4) is 0 Å². The first-order valence-electron chi connectivity index (χ1n) is 14.7. The van der Waals surface area contributed by atoms with Crippen LogP contribution in [0.15, 0.2) is 23.8 Å². The summed E-state index contributed by atoms with van der Waals surface area (Å²) in [6, 6.07) is 0. The number of aliphatic hydroxyl groups excluding tert-OH is 2. The number of ether oxygens (including phenoxy) is 4. The largest absolute Gasteiger partial charge is 0.472 e. The fourth-order valence-corrected chi connectivity index (χ4v) is 6.87. The zero-order valence-corrected chi connectivity index (χ0v) is 28.0. The van der Waals surface area contributed by atoms with Crippen LogP contribution < -0.4 is 17.0 Å². The highest BCUT2D eigenvalue weighted by atomic mass is 31.2. The van der Waals surface area contributed by atoms with E-state index >= 15 is 0 Å². The molecule has 274 valence electrons. The summed E-state index contributed by atoms with van der Waals surface area (Å²) in [4.78, 5) is 55.5. The third-order valence-electron chi connectivity index (χ3n) is 7.74. The summed E-state index contributed by atoms with van der Waals surface area (Å²) < 4.78 is 66.8. The molecule has 10 atom stereocenters. The minimum absolute atomic E-state index is 0.0527. The number of methoxy groups -OCH3 is 1. The van der Waals surface area contributed by atoms with E-state index in [1.54, 1.807) is 0 Å². The Balaban J connectivity index is 1.22. The van der Waals surface area contributed by atoms with Crippen LogP contribution in [0.25, 0.3) is 22.3 Å². The number of phosphoric acid groups is 1. The normalized spacial score (nSPS) is 29.5. The van der Waals surface area contributed by atoms with E-state index in [-0.39, 0.29) is 47.3 Å². The Kier molecular flexibility index (Phi) is 10.4. The second kappa shape index (κ2) is 14.3. The molecule has 50 heavy (non-hydrogen) atoms. The minimum atomic E-state index is -5.12. The lowest BCUT2D eigenvalue weighted by Gasteiger charge is -2.27. The predicted octanol–water partition coefficient (Wildman–Crippen LogP) is -1.99. The van der Waals surface area contributed by atoms with E-state index in [2.05, 4.69) is 29.9 Å². The highest BCUT2D eigenvalue weighted by Gasteiger charge is 2.52. The molecule has 2 fully saturated rings. The molecule has 6 heterocycles. The van der Waals surface area contributed by atoms with E-state index in [1.165, 1.54) is 28.9 Å². The van der Waals surface area contributed by atoms with Crippen molar-refractivity contribution in [3.63, 3.8) is 0 Å². The molecule has 4 aromatic heterocycles. The van der Waals surface area contributed by atoms with Crippen molar-refractivity contribution in [2.45, 2.75) is 49.1 Å². The number of aromatic amines is 1. The first-order chi connectivity index (χ1) is 23.7. The van der Waals surface area contributed by atoms with Crippen molar-refractivity contribution in [3.05, 3.63) is 29.3 Å². The van der Waals surface area contributed by atoms with Gasteiger partial charge in [-0.3, -0.25) is 32.5 Å². The average Bonchev–Trinajstić information content (AvgIpc) is 3.80. The van der Waals surface area contributed by atoms with Crippen molar-refractivity contribution >= 4 is 49.5 Å². The summed E-state index contributed by atoms with van der Waals surface area (Å²) in [5.74, 6) is -0.169. The maximum atomic E-state index is 13.4. The Morgan fingerprint density at radius 3 is 2.30 bits per heavy atom. The molecule has 9 N–H and O–H groups in total. The molecule has 2 aliphatic heterocycles. The Morgan fingerprint density at radius 1 is 0.900 bits per heavy atom. The molecule has 2 aliphatic rings. The number of anilines is 2. The van der Waals surface area contributed by atoms with Gasteiger partial charge in [-0.15, -0.1) is 0 Å². The van der Waals surface area contributed by atoms with Gasteiger partial charge in [0.05, 0.1) is 39.1 Å². The van der Waals surface area contributed by atoms with Crippen LogP contribution in [0.5, 0.6) is 0 Å². The van der Waals surface area contributed by atoms with E-state index in [4.69, 9.17) is 44.0 Å². The van der Waals surface area contributed by atoms with Crippen LogP contribution in [0.4, 0.5) is 11.8 Å². The number of nitrogens with zero attached hydrogens (tertiary/aromatic N) is 7. The number of aliphatic hydroxyl groups is 2. The minimum Gasteiger partial charge on any atom is -0.387 e. The molecule has 0 saturated carbocycles. The highest BCUT2D eigenvalue weighted by Crippen LogP contribution is 2.51. The second-order valence-corrected chi connectivity index (χ2v) is 14.5. The number of fused-ring (bicyclic) bond motifs is 2. The van der Waals surface area contributed by atoms with E-state index < -0.39 is 83.3 Å². The molecule has 0 spiro atoms. The van der Waals surface area contributed by atoms with Crippen LogP contribution in [-0.4, -0.2) is 136 Å². The molecule has 0 amide bonds. The Bertz CT molecular complexity index is 1990. The lowest BCUT2D eigenvalue weighted by atomic mass is 10.1. The van der Waals surface area contributed by atoms with Crippen molar-refractivity contribution in [3.8, 4) is 0 Å². The number of nitrogens with one attached hydrogen (secondary N) is 1. The molecule has 0 aromatic carbocycles. The van der Waals surface area contributed by atoms with Gasteiger partial charge in [0.2, 0.25) is 5.95 Å². The molecule has 2 saturated heterocycles. The maximum Gasteiger partial charge on any atom is 0.472 e. The van der Waals surface area contributed by atoms with E-state index in [1.807, 2.05) is 0 Å². The van der Waals surface area contributed by atoms with Crippen LogP contribution in [0.2, 0.25) is 0 Å². The number of imidazole rings is 2. The number of nitrogens with two attached hydrogens (primary N) is 2. The first kappa shape index (κ1) is 36.3.